The fourth-order valence-corrected chi connectivity index (χ4v) is 2.61. The quantitative estimate of drug-likeness (QED) is 0.753. The van der Waals surface area contributed by atoms with Crippen LogP contribution in [0.5, 0.6) is 0 Å². The third-order valence-corrected chi connectivity index (χ3v) is 3.65. The molecule has 0 saturated carbocycles. The van der Waals surface area contributed by atoms with Crippen LogP contribution in [0.2, 0.25) is 0 Å². The third kappa shape index (κ3) is 1.88. The average Bonchev–Trinajstić information content (AvgIpc) is 3.03. The van der Waals surface area contributed by atoms with Crippen molar-refractivity contribution in [1.82, 2.24) is 15.0 Å². The summed E-state index contributed by atoms with van der Waals surface area (Å²) in [6, 6.07) is 10.5. The Balaban J connectivity index is 2.13. The summed E-state index contributed by atoms with van der Waals surface area (Å²) in [6.07, 6.45) is 2.58. The van der Waals surface area contributed by atoms with E-state index in [1.54, 1.807) is 0 Å². The SMILES string of the molecule is CCC(C#N)c1ncc(-c2c(C)[nH]c3ccccc23)[nH]1. The minimum atomic E-state index is -0.172. The van der Waals surface area contributed by atoms with Crippen LogP contribution in [0, 0.1) is 18.3 Å². The molecule has 2 heterocycles. The number of hydrogen-bond acceptors (Lipinski definition) is 2. The van der Waals surface area contributed by atoms with Gasteiger partial charge in [-0.15, -0.1) is 0 Å². The molecule has 0 saturated heterocycles. The van der Waals surface area contributed by atoms with E-state index < -0.39 is 0 Å². The number of nitriles is 1. The lowest BCUT2D eigenvalue weighted by Gasteiger charge is -2.01. The molecular formula is C16H16N4. The molecular weight excluding hydrogens is 248 g/mol. The van der Waals surface area contributed by atoms with E-state index in [9.17, 15) is 0 Å². The van der Waals surface area contributed by atoms with Crippen LogP contribution >= 0.6 is 0 Å². The van der Waals surface area contributed by atoms with E-state index in [-0.39, 0.29) is 5.92 Å². The lowest BCUT2D eigenvalue weighted by atomic mass is 10.1. The lowest BCUT2D eigenvalue weighted by Crippen LogP contribution is -1.96. The first-order chi connectivity index (χ1) is 9.74. The number of hydrogen-bond donors (Lipinski definition) is 2. The second kappa shape index (κ2) is 4.86. The second-order valence-corrected chi connectivity index (χ2v) is 4.94. The summed E-state index contributed by atoms with van der Waals surface area (Å²) in [5.41, 5.74) is 4.31. The van der Waals surface area contributed by atoms with Crippen LogP contribution in [-0.2, 0) is 0 Å². The maximum Gasteiger partial charge on any atom is 0.123 e. The monoisotopic (exact) mass is 264 g/mol. The van der Waals surface area contributed by atoms with E-state index in [2.05, 4.69) is 40.1 Å². The first-order valence-electron chi connectivity index (χ1n) is 6.76. The molecule has 4 heteroatoms. The molecule has 2 N–H and O–H groups in total. The van der Waals surface area contributed by atoms with E-state index in [4.69, 9.17) is 5.26 Å². The Morgan fingerprint density at radius 2 is 2.10 bits per heavy atom. The maximum atomic E-state index is 9.13. The molecule has 1 aromatic carbocycles. The van der Waals surface area contributed by atoms with E-state index in [0.717, 1.165) is 34.7 Å². The van der Waals surface area contributed by atoms with Crippen molar-refractivity contribution in [2.24, 2.45) is 0 Å². The lowest BCUT2D eigenvalue weighted by molar-refractivity contribution is 0.766. The van der Waals surface area contributed by atoms with Crippen LogP contribution in [0.1, 0.15) is 30.8 Å². The highest BCUT2D eigenvalue weighted by Crippen LogP contribution is 2.31. The van der Waals surface area contributed by atoms with Gasteiger partial charge in [-0.25, -0.2) is 4.98 Å². The summed E-state index contributed by atoms with van der Waals surface area (Å²) >= 11 is 0. The van der Waals surface area contributed by atoms with Gasteiger partial charge in [-0.05, 0) is 19.4 Å². The molecule has 100 valence electrons. The summed E-state index contributed by atoms with van der Waals surface area (Å²) in [5, 5.41) is 10.3. The Hall–Kier alpha value is -2.54. The van der Waals surface area contributed by atoms with Crippen molar-refractivity contribution < 1.29 is 0 Å². The largest absolute Gasteiger partial charge is 0.358 e. The minimum Gasteiger partial charge on any atom is -0.358 e. The van der Waals surface area contributed by atoms with E-state index >= 15 is 0 Å². The number of aryl methyl sites for hydroxylation is 1. The van der Waals surface area contributed by atoms with Crippen molar-refractivity contribution in [3.05, 3.63) is 42.0 Å². The van der Waals surface area contributed by atoms with Crippen molar-refractivity contribution in [2.75, 3.05) is 0 Å². The average molecular weight is 264 g/mol. The van der Waals surface area contributed by atoms with Crippen LogP contribution < -0.4 is 0 Å². The molecule has 0 aliphatic carbocycles. The number of nitrogens with zero attached hydrogens (tertiary/aromatic N) is 2. The smallest absolute Gasteiger partial charge is 0.123 e. The molecule has 0 radical (unpaired) electrons. The highest BCUT2D eigenvalue weighted by molar-refractivity contribution is 5.96. The summed E-state index contributed by atoms with van der Waals surface area (Å²) in [7, 11) is 0. The van der Waals surface area contributed by atoms with Gasteiger partial charge in [0.15, 0.2) is 0 Å². The highest BCUT2D eigenvalue weighted by atomic mass is 14.9. The van der Waals surface area contributed by atoms with Gasteiger partial charge in [0.2, 0.25) is 0 Å². The fraction of sp³-hybridized carbons (Fsp3) is 0.250. The van der Waals surface area contributed by atoms with Crippen molar-refractivity contribution in [1.29, 1.82) is 5.26 Å². The molecule has 4 nitrogen and oxygen atoms in total. The van der Waals surface area contributed by atoms with Gasteiger partial charge in [-0.3, -0.25) is 0 Å². The van der Waals surface area contributed by atoms with Crippen molar-refractivity contribution in [2.45, 2.75) is 26.2 Å². The van der Waals surface area contributed by atoms with E-state index in [0.29, 0.717) is 0 Å². The second-order valence-electron chi connectivity index (χ2n) is 4.94. The van der Waals surface area contributed by atoms with Crippen molar-refractivity contribution in [3.63, 3.8) is 0 Å². The van der Waals surface area contributed by atoms with Gasteiger partial charge in [0.1, 0.15) is 11.7 Å². The molecule has 0 aliphatic rings. The fourth-order valence-electron chi connectivity index (χ4n) is 2.61. The summed E-state index contributed by atoms with van der Waals surface area (Å²) in [5.74, 6) is 0.573. The van der Waals surface area contributed by atoms with Crippen LogP contribution in [0.25, 0.3) is 22.2 Å². The number of H-pyrrole nitrogens is 2. The molecule has 3 rings (SSSR count). The first kappa shape index (κ1) is 12.5. The van der Waals surface area contributed by atoms with E-state index in [1.807, 2.05) is 25.3 Å². The van der Waals surface area contributed by atoms with Crippen molar-refractivity contribution >= 4 is 10.9 Å². The van der Waals surface area contributed by atoms with Gasteiger partial charge in [0.25, 0.3) is 0 Å². The molecule has 20 heavy (non-hydrogen) atoms. The van der Waals surface area contributed by atoms with Gasteiger partial charge in [-0.1, -0.05) is 25.1 Å². The predicted molar refractivity (Wildman–Crippen MR) is 79.3 cm³/mol. The van der Waals surface area contributed by atoms with Crippen LogP contribution in [0.15, 0.2) is 30.5 Å². The Morgan fingerprint density at radius 3 is 2.85 bits per heavy atom. The van der Waals surface area contributed by atoms with Crippen LogP contribution in [0.3, 0.4) is 0 Å². The molecule has 0 amide bonds. The number of para-hydroxylation sites is 1. The standard InChI is InChI=1S/C16H16N4/c1-3-11(8-17)16-18-9-14(20-16)15-10(2)19-13-7-5-4-6-12(13)15/h4-7,9,11,19H,3H2,1-2H3,(H,18,20). The Kier molecular flexibility index (Phi) is 3.03. The predicted octanol–water partition coefficient (Wildman–Crippen LogP) is 3.88. The Labute approximate surface area is 117 Å². The van der Waals surface area contributed by atoms with Gasteiger partial charge in [-0.2, -0.15) is 5.26 Å². The zero-order valence-electron chi connectivity index (χ0n) is 11.6. The maximum absolute atomic E-state index is 9.13. The topological polar surface area (TPSA) is 68.3 Å². The number of aromatic amines is 2. The summed E-state index contributed by atoms with van der Waals surface area (Å²) in [4.78, 5) is 11.0. The molecule has 0 fully saturated rings. The normalized spacial score (nSPS) is 12.4. The molecule has 1 unspecified atom stereocenters. The first-order valence-corrected chi connectivity index (χ1v) is 6.76. The van der Waals surface area contributed by atoms with Gasteiger partial charge < -0.3 is 9.97 Å². The zero-order chi connectivity index (χ0) is 14.1. The number of rotatable bonds is 3. The van der Waals surface area contributed by atoms with Crippen LogP contribution in [0.4, 0.5) is 0 Å². The van der Waals surface area contributed by atoms with Gasteiger partial charge >= 0.3 is 0 Å². The number of nitrogens with one attached hydrogen (secondary N) is 2. The number of benzene rings is 1. The summed E-state index contributed by atoms with van der Waals surface area (Å²) < 4.78 is 0. The molecule has 1 atom stereocenters. The number of imidazole rings is 1. The summed E-state index contributed by atoms with van der Waals surface area (Å²) in [6.45, 7) is 4.05. The number of fused-ring (bicyclic) bond motifs is 1. The Bertz CT molecular complexity index is 788. The minimum absolute atomic E-state index is 0.172. The van der Waals surface area contributed by atoms with E-state index in [1.165, 1.54) is 5.39 Å². The Morgan fingerprint density at radius 1 is 1.30 bits per heavy atom. The molecule has 2 aromatic heterocycles. The molecule has 0 bridgehead atoms. The van der Waals surface area contributed by atoms with Crippen molar-refractivity contribution in [3.8, 4) is 17.3 Å². The third-order valence-electron chi connectivity index (χ3n) is 3.65. The zero-order valence-corrected chi connectivity index (χ0v) is 11.6. The molecule has 0 spiro atoms. The highest BCUT2D eigenvalue weighted by Gasteiger charge is 2.16. The molecule has 0 aliphatic heterocycles. The molecule has 3 aromatic rings. The van der Waals surface area contributed by atoms with Gasteiger partial charge in [0.05, 0.1) is 18.0 Å². The van der Waals surface area contributed by atoms with Gasteiger partial charge in [0, 0.05) is 22.2 Å². The van der Waals surface area contributed by atoms with Crippen LogP contribution in [-0.4, -0.2) is 15.0 Å². The number of aromatic nitrogens is 3.